The third-order valence-corrected chi connectivity index (χ3v) is 10.9. The first kappa shape index (κ1) is 33.0. The predicted octanol–water partition coefficient (Wildman–Crippen LogP) is 14.2. The lowest BCUT2D eigenvalue weighted by Crippen LogP contribution is -2.14. The van der Waals surface area contributed by atoms with E-state index in [1.165, 1.54) is 38.9 Å². The Morgan fingerprint density at radius 3 is 1.83 bits per heavy atom. The highest BCUT2D eigenvalue weighted by atomic mass is 16.3. The van der Waals surface area contributed by atoms with Gasteiger partial charge in [0.1, 0.15) is 11.2 Å². The Kier molecular flexibility index (Phi) is 8.14. The molecular formula is C52H39NO. The van der Waals surface area contributed by atoms with Crippen LogP contribution in [-0.4, -0.2) is 0 Å². The van der Waals surface area contributed by atoms with Gasteiger partial charge in [0.05, 0.1) is 5.39 Å². The number of nitrogens with zero attached hydrogens (tertiary/aromatic N) is 1. The second kappa shape index (κ2) is 13.3. The lowest BCUT2D eigenvalue weighted by atomic mass is 9.83. The monoisotopic (exact) mass is 693 g/mol. The highest BCUT2D eigenvalue weighted by Crippen LogP contribution is 2.52. The first-order valence-corrected chi connectivity index (χ1v) is 18.5. The topological polar surface area (TPSA) is 16.4 Å². The summed E-state index contributed by atoms with van der Waals surface area (Å²) in [7, 11) is 0. The van der Waals surface area contributed by atoms with Crippen molar-refractivity contribution in [2.24, 2.45) is 0 Å². The fourth-order valence-electron chi connectivity index (χ4n) is 7.86. The smallest absolute Gasteiger partial charge is 0.144 e. The molecule has 9 rings (SSSR count). The minimum absolute atomic E-state index is 0.244. The minimum Gasteiger partial charge on any atom is -0.455 e. The van der Waals surface area contributed by atoms with E-state index in [1.807, 2.05) is 12.1 Å². The lowest BCUT2D eigenvalue weighted by Gasteiger charge is -2.26. The summed E-state index contributed by atoms with van der Waals surface area (Å²) in [6.07, 6.45) is 4.44. The molecule has 2 heteroatoms. The van der Waals surface area contributed by atoms with Gasteiger partial charge in [-0.2, -0.15) is 0 Å². The minimum atomic E-state index is -0.244. The van der Waals surface area contributed by atoms with Crippen molar-refractivity contribution < 1.29 is 4.42 Å². The van der Waals surface area contributed by atoms with Crippen molar-refractivity contribution in [3.8, 4) is 33.4 Å². The highest BCUT2D eigenvalue weighted by Gasteiger charge is 2.39. The normalized spacial score (nSPS) is 14.4. The Morgan fingerprint density at radius 1 is 0.648 bits per heavy atom. The van der Waals surface area contributed by atoms with Gasteiger partial charge in [0, 0.05) is 33.4 Å². The molecule has 8 aromatic rings. The number of rotatable bonds is 7. The van der Waals surface area contributed by atoms with Crippen molar-refractivity contribution in [2.45, 2.75) is 26.2 Å². The van der Waals surface area contributed by atoms with Crippen LogP contribution in [0.15, 0.2) is 192 Å². The number of hydrogen-bond acceptors (Lipinski definition) is 2. The third kappa shape index (κ3) is 5.72. The van der Waals surface area contributed by atoms with Gasteiger partial charge in [-0.1, -0.05) is 148 Å². The molecule has 0 radical (unpaired) electrons. The maximum Gasteiger partial charge on any atom is 0.144 e. The molecule has 0 aliphatic heterocycles. The highest BCUT2D eigenvalue weighted by molar-refractivity contribution is 6.11. The average Bonchev–Trinajstić information content (AvgIpc) is 3.69. The number of benzene rings is 6. The molecular weight excluding hydrogens is 655 g/mol. The maximum absolute atomic E-state index is 6.52. The third-order valence-electron chi connectivity index (χ3n) is 10.9. The number of furan rings is 1. The van der Waals surface area contributed by atoms with Gasteiger partial charge in [-0.05, 0) is 112 Å². The molecule has 1 aromatic heterocycles. The van der Waals surface area contributed by atoms with E-state index < -0.39 is 0 Å². The van der Waals surface area contributed by atoms with Crippen molar-refractivity contribution in [1.29, 1.82) is 0 Å². The van der Waals surface area contributed by atoms with Gasteiger partial charge in [0.25, 0.3) is 0 Å². The number of anilines is 2. The SMILES string of the molecule is C=C1/C(=C\C=C(/C)N(c2ccc(-c3ccccc3)cc2)c2ccc(-c3cccc(-c4ccccc4)c3)cc2)c2c(ccc3c2oc2ccc#cc23)C1(C)C. The van der Waals surface area contributed by atoms with E-state index in [4.69, 9.17) is 4.42 Å². The molecule has 1 heterocycles. The van der Waals surface area contributed by atoms with Gasteiger partial charge in [-0.15, -0.1) is 0 Å². The molecule has 0 N–H and O–H groups in total. The molecule has 0 saturated heterocycles. The van der Waals surface area contributed by atoms with Gasteiger partial charge in [0.15, 0.2) is 0 Å². The van der Waals surface area contributed by atoms with Gasteiger partial charge in [0.2, 0.25) is 0 Å². The molecule has 0 saturated carbocycles. The lowest BCUT2D eigenvalue weighted by molar-refractivity contribution is 0.652. The fourth-order valence-corrected chi connectivity index (χ4v) is 7.86. The largest absolute Gasteiger partial charge is 0.455 e. The molecule has 0 spiro atoms. The summed E-state index contributed by atoms with van der Waals surface area (Å²) in [6, 6.07) is 62.1. The molecule has 0 fully saturated rings. The summed E-state index contributed by atoms with van der Waals surface area (Å²) in [5.41, 5.74) is 16.3. The molecule has 0 bridgehead atoms. The summed E-state index contributed by atoms with van der Waals surface area (Å²) in [5, 5.41) is 2.00. The zero-order valence-electron chi connectivity index (χ0n) is 30.7. The van der Waals surface area contributed by atoms with Crippen LogP contribution in [0.25, 0.3) is 60.9 Å². The second-order valence-corrected chi connectivity index (χ2v) is 14.5. The first-order chi connectivity index (χ1) is 26.4. The summed E-state index contributed by atoms with van der Waals surface area (Å²) < 4.78 is 6.52. The van der Waals surface area contributed by atoms with Crippen LogP contribution in [0.2, 0.25) is 0 Å². The second-order valence-electron chi connectivity index (χ2n) is 14.5. The van der Waals surface area contributed by atoms with Crippen molar-refractivity contribution in [3.05, 3.63) is 211 Å². The van der Waals surface area contributed by atoms with E-state index in [2.05, 4.69) is 202 Å². The Bertz CT molecular complexity index is 2730. The quantitative estimate of drug-likeness (QED) is 0.165. The summed E-state index contributed by atoms with van der Waals surface area (Å²) in [4.78, 5) is 2.33. The Balaban J connectivity index is 1.13. The van der Waals surface area contributed by atoms with E-state index in [1.54, 1.807) is 0 Å². The zero-order valence-corrected chi connectivity index (χ0v) is 30.7. The van der Waals surface area contributed by atoms with Gasteiger partial charge < -0.3 is 9.32 Å². The van der Waals surface area contributed by atoms with Gasteiger partial charge >= 0.3 is 0 Å². The summed E-state index contributed by atoms with van der Waals surface area (Å²) >= 11 is 0. The van der Waals surface area contributed by atoms with Gasteiger partial charge in [-0.25, -0.2) is 0 Å². The average molecular weight is 694 g/mol. The molecule has 2 nitrogen and oxygen atoms in total. The number of fused-ring (bicyclic) bond motifs is 5. The van der Waals surface area contributed by atoms with Crippen LogP contribution in [0.3, 0.4) is 0 Å². The van der Waals surface area contributed by atoms with Crippen LogP contribution in [0, 0.1) is 12.1 Å². The number of allylic oxidation sites excluding steroid dienone is 5. The van der Waals surface area contributed by atoms with Crippen molar-refractivity contribution in [2.75, 3.05) is 4.90 Å². The van der Waals surface area contributed by atoms with Crippen LogP contribution in [0.1, 0.15) is 31.9 Å². The van der Waals surface area contributed by atoms with E-state index in [9.17, 15) is 0 Å². The number of hydrogen-bond donors (Lipinski definition) is 0. The van der Waals surface area contributed by atoms with Crippen LogP contribution < -0.4 is 4.90 Å². The van der Waals surface area contributed by atoms with Crippen LogP contribution in [-0.2, 0) is 5.41 Å². The molecule has 0 unspecified atom stereocenters. The van der Waals surface area contributed by atoms with Crippen LogP contribution in [0.5, 0.6) is 0 Å². The van der Waals surface area contributed by atoms with E-state index in [0.29, 0.717) is 0 Å². The zero-order chi connectivity index (χ0) is 36.8. The first-order valence-electron chi connectivity index (χ1n) is 18.5. The molecule has 1 aliphatic carbocycles. The molecule has 7 aromatic carbocycles. The molecule has 1 aliphatic rings. The molecule has 0 atom stereocenters. The molecule has 0 amide bonds. The maximum atomic E-state index is 6.52. The van der Waals surface area contributed by atoms with Crippen molar-refractivity contribution in [3.63, 3.8) is 0 Å². The summed E-state index contributed by atoms with van der Waals surface area (Å²) in [6.45, 7) is 11.3. The Hall–Kier alpha value is -6.82. The van der Waals surface area contributed by atoms with Crippen molar-refractivity contribution in [1.82, 2.24) is 0 Å². The van der Waals surface area contributed by atoms with E-state index in [0.717, 1.165) is 55.7 Å². The molecule has 54 heavy (non-hydrogen) atoms. The van der Waals surface area contributed by atoms with Crippen LogP contribution in [0.4, 0.5) is 11.4 Å². The summed E-state index contributed by atoms with van der Waals surface area (Å²) in [5.74, 6) is 0. The van der Waals surface area contributed by atoms with E-state index in [-0.39, 0.29) is 5.41 Å². The Labute approximate surface area is 317 Å². The van der Waals surface area contributed by atoms with Crippen LogP contribution >= 0.6 is 0 Å². The molecule has 258 valence electrons. The standard InChI is InChI=1S/C52H39NO/c1-35(22-31-45-36(2)52(3,4)48-33-32-47-46-20-11-12-21-49(46)54-51(47)50(45)48)53(43-27-23-39(24-28-43)37-14-7-5-8-15-37)44-29-25-40(26-30-44)42-19-13-18-41(34-42)38-16-9-6-10-17-38/h5-10,12-19,21-34H,2H2,1,3-4H3/b35-22+,45-31+. The predicted molar refractivity (Wildman–Crippen MR) is 227 cm³/mol. The fraction of sp³-hybridized carbons (Fsp3) is 0.0769. The Morgan fingerprint density at radius 2 is 1.20 bits per heavy atom. The van der Waals surface area contributed by atoms with Gasteiger partial charge in [-0.3, -0.25) is 0 Å². The van der Waals surface area contributed by atoms with Crippen molar-refractivity contribution >= 4 is 38.9 Å². The van der Waals surface area contributed by atoms with E-state index >= 15 is 0 Å².